The third-order valence-electron chi connectivity index (χ3n) is 3.47. The van der Waals surface area contributed by atoms with Crippen molar-refractivity contribution in [1.29, 1.82) is 0 Å². The zero-order valence-corrected chi connectivity index (χ0v) is 13.7. The molecule has 1 aliphatic rings. The molecule has 0 radical (unpaired) electrons. The number of rotatable bonds is 5. The highest BCUT2D eigenvalue weighted by Crippen LogP contribution is 2.34. The van der Waals surface area contributed by atoms with Crippen molar-refractivity contribution in [2.45, 2.75) is 0 Å². The average molecular weight is 339 g/mol. The van der Waals surface area contributed by atoms with Crippen LogP contribution < -0.4 is 24.3 Å². The van der Waals surface area contributed by atoms with Gasteiger partial charge in [-0.25, -0.2) is 0 Å². The van der Waals surface area contributed by atoms with Gasteiger partial charge in [-0.05, 0) is 24.3 Å². The van der Waals surface area contributed by atoms with Crippen molar-refractivity contribution in [3.63, 3.8) is 0 Å². The van der Waals surface area contributed by atoms with Crippen LogP contribution in [0.25, 0.3) is 0 Å². The summed E-state index contributed by atoms with van der Waals surface area (Å²) in [5.74, 6) is 8.00. The van der Waals surface area contributed by atoms with Gasteiger partial charge in [-0.1, -0.05) is 24.0 Å². The van der Waals surface area contributed by atoms with Gasteiger partial charge < -0.3 is 24.3 Å². The molecule has 0 saturated heterocycles. The number of para-hydroxylation sites is 1. The molecule has 1 heterocycles. The molecule has 25 heavy (non-hydrogen) atoms. The summed E-state index contributed by atoms with van der Waals surface area (Å²) in [4.78, 5) is 12.1. The van der Waals surface area contributed by atoms with Crippen LogP contribution in [0.4, 0.5) is 0 Å². The average Bonchev–Trinajstić information content (AvgIpc) is 3.12. The number of nitrogens with one attached hydrogen (secondary N) is 1. The van der Waals surface area contributed by atoms with Gasteiger partial charge in [-0.3, -0.25) is 4.79 Å². The molecule has 0 saturated carbocycles. The fraction of sp³-hybridized carbons (Fsp3) is 0.211. The topological polar surface area (TPSA) is 66.0 Å². The third-order valence-corrected chi connectivity index (χ3v) is 3.47. The predicted molar refractivity (Wildman–Crippen MR) is 91.2 cm³/mol. The Labute approximate surface area is 145 Å². The molecule has 1 amide bonds. The SMILES string of the molecule is COc1ccccc1C(=O)NCC#CCOc1ccc2c(c1)OCO2. The number of fused-ring (bicyclic) bond motifs is 1. The zero-order chi connectivity index (χ0) is 17.5. The van der Waals surface area contributed by atoms with Gasteiger partial charge in [0.2, 0.25) is 6.79 Å². The number of hydrogen-bond donors (Lipinski definition) is 1. The van der Waals surface area contributed by atoms with E-state index in [4.69, 9.17) is 18.9 Å². The molecule has 6 nitrogen and oxygen atoms in total. The van der Waals surface area contributed by atoms with Crippen molar-refractivity contribution in [3.05, 3.63) is 48.0 Å². The molecule has 128 valence electrons. The van der Waals surface area contributed by atoms with E-state index >= 15 is 0 Å². The van der Waals surface area contributed by atoms with Crippen LogP contribution in [0.5, 0.6) is 23.0 Å². The van der Waals surface area contributed by atoms with Crippen LogP contribution in [0, 0.1) is 11.8 Å². The predicted octanol–water partition coefficient (Wildman–Crippen LogP) is 2.24. The minimum absolute atomic E-state index is 0.212. The van der Waals surface area contributed by atoms with Gasteiger partial charge in [-0.15, -0.1) is 0 Å². The second-order valence-electron chi connectivity index (χ2n) is 5.04. The van der Waals surface area contributed by atoms with E-state index in [-0.39, 0.29) is 25.9 Å². The van der Waals surface area contributed by atoms with Crippen molar-refractivity contribution in [2.75, 3.05) is 27.1 Å². The number of hydrogen-bond acceptors (Lipinski definition) is 5. The van der Waals surface area contributed by atoms with Crippen LogP contribution in [0.3, 0.4) is 0 Å². The molecular weight excluding hydrogens is 322 g/mol. The summed E-state index contributed by atoms with van der Waals surface area (Å²) < 4.78 is 21.2. The molecule has 3 rings (SSSR count). The Bertz CT molecular complexity index is 822. The van der Waals surface area contributed by atoms with E-state index in [0.717, 1.165) is 0 Å². The van der Waals surface area contributed by atoms with E-state index < -0.39 is 0 Å². The molecule has 0 bridgehead atoms. The van der Waals surface area contributed by atoms with Gasteiger partial charge in [-0.2, -0.15) is 0 Å². The normalized spacial score (nSPS) is 11.2. The summed E-state index contributed by atoms with van der Waals surface area (Å²) in [5.41, 5.74) is 0.475. The van der Waals surface area contributed by atoms with Crippen LogP contribution in [0.1, 0.15) is 10.4 Å². The van der Waals surface area contributed by atoms with Crippen molar-refractivity contribution in [1.82, 2.24) is 5.32 Å². The van der Waals surface area contributed by atoms with Gasteiger partial charge in [0.15, 0.2) is 11.5 Å². The molecule has 0 aromatic heterocycles. The minimum Gasteiger partial charge on any atom is -0.496 e. The fourth-order valence-electron chi connectivity index (χ4n) is 2.25. The molecule has 1 aliphatic heterocycles. The number of amides is 1. The van der Waals surface area contributed by atoms with Crippen molar-refractivity contribution in [2.24, 2.45) is 0 Å². The van der Waals surface area contributed by atoms with Crippen LogP contribution in [0.2, 0.25) is 0 Å². The Morgan fingerprint density at radius 1 is 1.16 bits per heavy atom. The number of carbonyl (C=O) groups is 1. The van der Waals surface area contributed by atoms with Crippen molar-refractivity contribution >= 4 is 5.91 Å². The summed E-state index contributed by atoms with van der Waals surface area (Å²) in [5, 5.41) is 2.72. The Kier molecular flexibility index (Phi) is 5.27. The maximum absolute atomic E-state index is 12.1. The molecule has 1 N–H and O–H groups in total. The first-order chi connectivity index (χ1) is 12.3. The highest BCUT2D eigenvalue weighted by Gasteiger charge is 2.13. The molecule has 2 aromatic rings. The maximum atomic E-state index is 12.1. The second-order valence-corrected chi connectivity index (χ2v) is 5.04. The Balaban J connectivity index is 1.45. The maximum Gasteiger partial charge on any atom is 0.255 e. The van der Waals surface area contributed by atoms with E-state index in [1.807, 2.05) is 6.07 Å². The first kappa shape index (κ1) is 16.5. The highest BCUT2D eigenvalue weighted by molar-refractivity contribution is 5.97. The smallest absolute Gasteiger partial charge is 0.255 e. The quantitative estimate of drug-likeness (QED) is 0.847. The molecule has 0 unspecified atom stereocenters. The lowest BCUT2D eigenvalue weighted by molar-refractivity contribution is 0.0955. The first-order valence-electron chi connectivity index (χ1n) is 7.67. The number of methoxy groups -OCH3 is 1. The summed E-state index contributed by atoms with van der Waals surface area (Å²) in [6.07, 6.45) is 0. The van der Waals surface area contributed by atoms with Gasteiger partial charge in [0.25, 0.3) is 5.91 Å². The Hall–Kier alpha value is -3.33. The van der Waals surface area contributed by atoms with E-state index in [2.05, 4.69) is 17.2 Å². The third kappa shape index (κ3) is 4.15. The minimum atomic E-state index is -0.233. The van der Waals surface area contributed by atoms with Gasteiger partial charge in [0.05, 0.1) is 19.2 Å². The molecular formula is C19H17NO5. The van der Waals surface area contributed by atoms with E-state index in [0.29, 0.717) is 28.6 Å². The lowest BCUT2D eigenvalue weighted by atomic mass is 10.2. The lowest BCUT2D eigenvalue weighted by Gasteiger charge is -2.07. The Morgan fingerprint density at radius 3 is 2.88 bits per heavy atom. The monoisotopic (exact) mass is 339 g/mol. The first-order valence-corrected chi connectivity index (χ1v) is 7.67. The largest absolute Gasteiger partial charge is 0.496 e. The van der Waals surface area contributed by atoms with Crippen LogP contribution in [0.15, 0.2) is 42.5 Å². The lowest BCUT2D eigenvalue weighted by Crippen LogP contribution is -2.24. The van der Waals surface area contributed by atoms with Crippen molar-refractivity contribution < 1.29 is 23.7 Å². The van der Waals surface area contributed by atoms with Gasteiger partial charge in [0, 0.05) is 6.07 Å². The van der Waals surface area contributed by atoms with Crippen LogP contribution >= 0.6 is 0 Å². The summed E-state index contributed by atoms with van der Waals surface area (Å²) in [6, 6.07) is 12.4. The summed E-state index contributed by atoms with van der Waals surface area (Å²) in [6.45, 7) is 0.663. The number of benzene rings is 2. The van der Waals surface area contributed by atoms with E-state index in [1.54, 1.807) is 36.4 Å². The molecule has 0 fully saturated rings. The van der Waals surface area contributed by atoms with Crippen molar-refractivity contribution in [3.8, 4) is 34.8 Å². The summed E-state index contributed by atoms with van der Waals surface area (Å²) >= 11 is 0. The Morgan fingerprint density at radius 2 is 2.00 bits per heavy atom. The highest BCUT2D eigenvalue weighted by atomic mass is 16.7. The van der Waals surface area contributed by atoms with Gasteiger partial charge >= 0.3 is 0 Å². The molecule has 0 spiro atoms. The zero-order valence-electron chi connectivity index (χ0n) is 13.7. The molecule has 0 atom stereocenters. The molecule has 0 aliphatic carbocycles. The van der Waals surface area contributed by atoms with Gasteiger partial charge in [0.1, 0.15) is 18.1 Å². The summed E-state index contributed by atoms with van der Waals surface area (Å²) in [7, 11) is 1.53. The molecule has 2 aromatic carbocycles. The van der Waals surface area contributed by atoms with Crippen LogP contribution in [-0.4, -0.2) is 33.0 Å². The van der Waals surface area contributed by atoms with E-state index in [9.17, 15) is 4.79 Å². The standard InChI is InChI=1S/C19H17NO5/c1-22-16-7-3-2-6-15(16)19(21)20-10-4-5-11-23-14-8-9-17-18(12-14)25-13-24-17/h2-3,6-9,12H,10-11,13H2,1H3,(H,20,21). The van der Waals surface area contributed by atoms with Crippen LogP contribution in [-0.2, 0) is 0 Å². The fourth-order valence-corrected chi connectivity index (χ4v) is 2.25. The molecule has 6 heteroatoms. The van der Waals surface area contributed by atoms with E-state index in [1.165, 1.54) is 7.11 Å². The number of carbonyl (C=O) groups excluding carboxylic acids is 1. The number of ether oxygens (including phenoxy) is 4. The second kappa shape index (κ2) is 7.97.